The highest BCUT2D eigenvalue weighted by Gasteiger charge is 2.46. The number of ether oxygens (including phenoxy) is 1. The molecule has 0 spiro atoms. The summed E-state index contributed by atoms with van der Waals surface area (Å²) in [7, 11) is 0. The van der Waals surface area contributed by atoms with E-state index in [1.54, 1.807) is 5.32 Å². The van der Waals surface area contributed by atoms with Gasteiger partial charge in [-0.1, -0.05) is 48.5 Å². The van der Waals surface area contributed by atoms with Gasteiger partial charge in [0, 0.05) is 12.5 Å². The van der Waals surface area contributed by atoms with Gasteiger partial charge in [-0.25, -0.2) is 9.59 Å². The Balaban J connectivity index is 1.62. The van der Waals surface area contributed by atoms with Gasteiger partial charge in [0.2, 0.25) is 5.91 Å². The van der Waals surface area contributed by atoms with E-state index in [4.69, 9.17) is 14.9 Å². The number of alkyl halides is 3. The van der Waals surface area contributed by atoms with E-state index in [1.165, 1.54) is 0 Å². The zero-order chi connectivity index (χ0) is 24.2. The number of carbonyl (C=O) groups excluding carboxylic acids is 2. The summed E-state index contributed by atoms with van der Waals surface area (Å²) in [5.41, 5.74) is 3.80. The van der Waals surface area contributed by atoms with Gasteiger partial charge in [-0.05, 0) is 22.3 Å². The smallest absolute Gasteiger partial charge is 0.407 e. The summed E-state index contributed by atoms with van der Waals surface area (Å²) in [6, 6.07) is 13.1. The normalized spacial score (nSPS) is 14.5. The molecule has 176 valence electrons. The largest absolute Gasteiger partial charge is 0.480 e. The van der Waals surface area contributed by atoms with Gasteiger partial charge < -0.3 is 25.6 Å². The summed E-state index contributed by atoms with van der Waals surface area (Å²) in [6.45, 7) is -2.39. The van der Waals surface area contributed by atoms with Crippen molar-refractivity contribution in [1.29, 1.82) is 0 Å². The number of fused-ring (bicyclic) bond motifs is 3. The third-order valence-corrected chi connectivity index (χ3v) is 5.30. The van der Waals surface area contributed by atoms with Crippen LogP contribution in [0, 0.1) is 5.92 Å². The summed E-state index contributed by atoms with van der Waals surface area (Å²) in [6.07, 6.45) is -6.23. The number of halogens is 3. The molecule has 0 bridgehead atoms. The molecule has 3 rings (SSSR count). The summed E-state index contributed by atoms with van der Waals surface area (Å²) in [5, 5.41) is 21.2. The molecule has 1 aliphatic carbocycles. The van der Waals surface area contributed by atoms with E-state index in [9.17, 15) is 27.6 Å². The molecule has 0 heterocycles. The number of hydrogen-bond acceptors (Lipinski definition) is 5. The summed E-state index contributed by atoms with van der Waals surface area (Å²) >= 11 is 0. The third kappa shape index (κ3) is 5.43. The second-order valence-electron chi connectivity index (χ2n) is 7.38. The predicted octanol–water partition coefficient (Wildman–Crippen LogP) is 2.27. The van der Waals surface area contributed by atoms with Gasteiger partial charge in [-0.15, -0.1) is 0 Å². The van der Waals surface area contributed by atoms with Gasteiger partial charge in [0.05, 0.1) is 6.61 Å². The maximum absolute atomic E-state index is 13.3. The van der Waals surface area contributed by atoms with Crippen molar-refractivity contribution in [2.75, 3.05) is 19.8 Å². The van der Waals surface area contributed by atoms with E-state index < -0.39 is 49.3 Å². The number of benzene rings is 2. The van der Waals surface area contributed by atoms with Crippen LogP contribution in [0.4, 0.5) is 18.0 Å². The molecular weight excluding hydrogens is 445 g/mol. The van der Waals surface area contributed by atoms with E-state index in [-0.39, 0.29) is 12.5 Å². The van der Waals surface area contributed by atoms with Crippen molar-refractivity contribution in [1.82, 2.24) is 10.6 Å². The molecule has 1 aliphatic rings. The molecule has 8 nitrogen and oxygen atoms in total. The van der Waals surface area contributed by atoms with Crippen LogP contribution in [0.5, 0.6) is 0 Å². The Morgan fingerprint density at radius 1 is 1.00 bits per heavy atom. The van der Waals surface area contributed by atoms with E-state index in [1.807, 2.05) is 53.8 Å². The number of amides is 2. The number of nitrogens with one attached hydrogen (secondary N) is 2. The van der Waals surface area contributed by atoms with Crippen LogP contribution in [-0.2, 0) is 14.3 Å². The number of aliphatic hydroxyl groups is 1. The second-order valence-corrected chi connectivity index (χ2v) is 7.38. The first kappa shape index (κ1) is 24.1. The molecule has 4 N–H and O–H groups in total. The van der Waals surface area contributed by atoms with Crippen LogP contribution >= 0.6 is 0 Å². The average Bonchev–Trinajstić information content (AvgIpc) is 3.08. The number of carboxylic acid groups (broad SMARTS) is 1. The maximum atomic E-state index is 13.3. The fourth-order valence-corrected chi connectivity index (χ4v) is 3.65. The van der Waals surface area contributed by atoms with Crippen molar-refractivity contribution in [3.05, 3.63) is 59.7 Å². The van der Waals surface area contributed by atoms with Crippen molar-refractivity contribution in [3.63, 3.8) is 0 Å². The molecule has 0 aromatic heterocycles. The second kappa shape index (κ2) is 9.90. The molecule has 0 aliphatic heterocycles. The molecule has 0 radical (unpaired) electrons. The Morgan fingerprint density at radius 3 is 2.03 bits per heavy atom. The number of hydrogen-bond donors (Lipinski definition) is 4. The molecule has 2 atom stereocenters. The van der Waals surface area contributed by atoms with Crippen LogP contribution in [0.3, 0.4) is 0 Å². The summed E-state index contributed by atoms with van der Waals surface area (Å²) < 4.78 is 45.0. The highest BCUT2D eigenvalue weighted by atomic mass is 19.4. The van der Waals surface area contributed by atoms with Crippen molar-refractivity contribution in [2.45, 2.75) is 18.1 Å². The molecule has 33 heavy (non-hydrogen) atoms. The van der Waals surface area contributed by atoms with Gasteiger partial charge in [0.15, 0.2) is 5.92 Å². The molecule has 11 heteroatoms. The minimum Gasteiger partial charge on any atom is -0.480 e. The van der Waals surface area contributed by atoms with Crippen LogP contribution in [0.1, 0.15) is 17.0 Å². The molecule has 2 amide bonds. The number of aliphatic carboxylic acids is 1. The molecule has 2 aromatic rings. The first-order chi connectivity index (χ1) is 15.6. The lowest BCUT2D eigenvalue weighted by Crippen LogP contribution is -2.52. The van der Waals surface area contributed by atoms with Crippen LogP contribution in [-0.4, -0.2) is 60.2 Å². The first-order valence-electron chi connectivity index (χ1n) is 9.93. The SMILES string of the molecule is O=C(NCC(C(=O)N[C@H](CO)C(=O)O)C(F)(F)F)OCC1c2ccccc2-c2ccccc21. The fourth-order valence-electron chi connectivity index (χ4n) is 3.65. The standard InChI is InChI=1S/C22H21F3N2O6/c23-22(24,25)17(19(29)27-18(10-28)20(30)31)9-26-21(32)33-11-16-14-7-3-1-5-12(14)13-6-2-4-8-15(13)16/h1-8,16-18,28H,9-11H2,(H,26,32)(H,27,29)(H,30,31)/t17?,18-/m1/s1. The van der Waals surface area contributed by atoms with Crippen molar-refractivity contribution in [2.24, 2.45) is 5.92 Å². The van der Waals surface area contributed by atoms with Gasteiger partial charge in [0.1, 0.15) is 12.6 Å². The lowest BCUT2D eigenvalue weighted by atomic mass is 9.98. The number of carboxylic acids is 1. The molecule has 2 aromatic carbocycles. The van der Waals surface area contributed by atoms with Crippen LogP contribution < -0.4 is 10.6 Å². The summed E-state index contributed by atoms with van der Waals surface area (Å²) in [5.74, 6) is -6.42. The minimum atomic E-state index is -5.07. The zero-order valence-corrected chi connectivity index (χ0v) is 17.1. The lowest BCUT2D eigenvalue weighted by molar-refractivity contribution is -0.182. The maximum Gasteiger partial charge on any atom is 0.407 e. The first-order valence-corrected chi connectivity index (χ1v) is 9.93. The zero-order valence-electron chi connectivity index (χ0n) is 17.1. The Labute approximate surface area is 186 Å². The quantitative estimate of drug-likeness (QED) is 0.473. The number of carbonyl (C=O) groups is 3. The Kier molecular flexibility index (Phi) is 7.22. The number of rotatable bonds is 8. The molecular formula is C22H21F3N2O6. The minimum absolute atomic E-state index is 0.131. The number of alkyl carbamates (subject to hydrolysis) is 1. The topological polar surface area (TPSA) is 125 Å². The highest BCUT2D eigenvalue weighted by molar-refractivity contribution is 5.86. The third-order valence-electron chi connectivity index (χ3n) is 5.30. The highest BCUT2D eigenvalue weighted by Crippen LogP contribution is 2.44. The lowest BCUT2D eigenvalue weighted by Gasteiger charge is -2.22. The fraction of sp³-hybridized carbons (Fsp3) is 0.318. The van der Waals surface area contributed by atoms with Gasteiger partial charge in [0.25, 0.3) is 0 Å². The van der Waals surface area contributed by atoms with E-state index in [0.717, 1.165) is 22.3 Å². The van der Waals surface area contributed by atoms with Crippen molar-refractivity contribution < 1.29 is 42.5 Å². The summed E-state index contributed by atoms with van der Waals surface area (Å²) in [4.78, 5) is 34.9. The average molecular weight is 466 g/mol. The molecule has 0 saturated carbocycles. The van der Waals surface area contributed by atoms with Crippen molar-refractivity contribution >= 4 is 18.0 Å². The molecule has 0 fully saturated rings. The van der Waals surface area contributed by atoms with Crippen LogP contribution in [0.25, 0.3) is 11.1 Å². The predicted molar refractivity (Wildman–Crippen MR) is 109 cm³/mol. The Hall–Kier alpha value is -3.60. The monoisotopic (exact) mass is 466 g/mol. The van der Waals surface area contributed by atoms with Gasteiger partial charge in [-0.3, -0.25) is 4.79 Å². The Morgan fingerprint density at radius 2 is 1.55 bits per heavy atom. The van der Waals surface area contributed by atoms with Gasteiger partial charge in [-0.2, -0.15) is 13.2 Å². The van der Waals surface area contributed by atoms with E-state index in [0.29, 0.717) is 0 Å². The van der Waals surface area contributed by atoms with Crippen molar-refractivity contribution in [3.8, 4) is 11.1 Å². The van der Waals surface area contributed by atoms with E-state index >= 15 is 0 Å². The van der Waals surface area contributed by atoms with E-state index in [2.05, 4.69) is 0 Å². The Bertz CT molecular complexity index is 997. The van der Waals surface area contributed by atoms with Crippen LogP contribution in [0.15, 0.2) is 48.5 Å². The van der Waals surface area contributed by atoms with Gasteiger partial charge >= 0.3 is 18.2 Å². The number of aliphatic hydroxyl groups excluding tert-OH is 1. The molecule has 0 saturated heterocycles. The molecule has 1 unspecified atom stereocenters. The van der Waals surface area contributed by atoms with Crippen LogP contribution in [0.2, 0.25) is 0 Å².